The standard InChI is InChI=1S/C16H15NS/c1-5-8-12-10-15-16(17-11(4)18-15)13(7-3)14(12)9-6-2/h5,7-10H,2-3H2,1,4H3. The van der Waals surface area contributed by atoms with Gasteiger partial charge in [-0.25, -0.2) is 4.98 Å². The van der Waals surface area contributed by atoms with Crippen LogP contribution in [0.5, 0.6) is 0 Å². The second-order valence-corrected chi connectivity index (χ2v) is 5.16. The summed E-state index contributed by atoms with van der Waals surface area (Å²) in [5.74, 6) is 0. The maximum atomic E-state index is 4.58. The number of thiazole rings is 1. The maximum Gasteiger partial charge on any atom is 0.0908 e. The maximum absolute atomic E-state index is 4.58. The van der Waals surface area contributed by atoms with Gasteiger partial charge in [-0.3, -0.25) is 0 Å². The zero-order chi connectivity index (χ0) is 13.1. The first-order valence-corrected chi connectivity index (χ1v) is 6.58. The molecule has 18 heavy (non-hydrogen) atoms. The van der Waals surface area contributed by atoms with E-state index >= 15 is 0 Å². The van der Waals surface area contributed by atoms with Gasteiger partial charge in [-0.05, 0) is 37.1 Å². The van der Waals surface area contributed by atoms with E-state index in [4.69, 9.17) is 0 Å². The van der Waals surface area contributed by atoms with E-state index in [1.54, 1.807) is 11.3 Å². The summed E-state index contributed by atoms with van der Waals surface area (Å²) < 4.78 is 1.19. The molecule has 0 aliphatic carbocycles. The van der Waals surface area contributed by atoms with Crippen molar-refractivity contribution >= 4 is 39.8 Å². The van der Waals surface area contributed by atoms with Gasteiger partial charge in [0.25, 0.3) is 0 Å². The molecule has 90 valence electrons. The minimum atomic E-state index is 1.02. The summed E-state index contributed by atoms with van der Waals surface area (Å²) in [5, 5.41) is 1.07. The molecule has 0 fully saturated rings. The molecule has 0 unspecified atom stereocenters. The predicted molar refractivity (Wildman–Crippen MR) is 82.8 cm³/mol. The topological polar surface area (TPSA) is 12.9 Å². The summed E-state index contributed by atoms with van der Waals surface area (Å²) >= 11 is 1.71. The first kappa shape index (κ1) is 12.6. The monoisotopic (exact) mass is 253 g/mol. The Labute approximate surface area is 111 Å². The van der Waals surface area contributed by atoms with Gasteiger partial charge in [0.2, 0.25) is 0 Å². The average Bonchev–Trinajstić information content (AvgIpc) is 2.70. The van der Waals surface area contributed by atoms with Crippen LogP contribution in [0.4, 0.5) is 0 Å². The third-order valence-corrected chi connectivity index (χ3v) is 3.62. The average molecular weight is 253 g/mol. The Morgan fingerprint density at radius 2 is 2.17 bits per heavy atom. The molecule has 2 rings (SSSR count). The van der Waals surface area contributed by atoms with Crippen LogP contribution in [0.25, 0.3) is 28.4 Å². The van der Waals surface area contributed by atoms with Crippen molar-refractivity contribution in [2.24, 2.45) is 0 Å². The van der Waals surface area contributed by atoms with Crippen LogP contribution in [-0.2, 0) is 0 Å². The van der Waals surface area contributed by atoms with Gasteiger partial charge in [0.05, 0.1) is 15.2 Å². The van der Waals surface area contributed by atoms with Crippen molar-refractivity contribution in [1.82, 2.24) is 4.98 Å². The van der Waals surface area contributed by atoms with Crippen LogP contribution in [0.15, 0.2) is 31.0 Å². The van der Waals surface area contributed by atoms with Gasteiger partial charge in [0.15, 0.2) is 0 Å². The van der Waals surface area contributed by atoms with Gasteiger partial charge in [-0.15, -0.1) is 17.1 Å². The second-order valence-electron chi connectivity index (χ2n) is 3.93. The molecule has 0 saturated carbocycles. The number of hydrogen-bond acceptors (Lipinski definition) is 2. The molecular formula is C16H15NS. The summed E-state index contributed by atoms with van der Waals surface area (Å²) in [6.45, 7) is 11.6. The molecule has 0 radical (unpaired) electrons. The molecule has 0 atom stereocenters. The zero-order valence-corrected chi connectivity index (χ0v) is 11.5. The summed E-state index contributed by atoms with van der Waals surface area (Å²) in [5.41, 5.74) is 7.15. The highest BCUT2D eigenvalue weighted by Gasteiger charge is 2.11. The lowest BCUT2D eigenvalue weighted by atomic mass is 9.99. The lowest BCUT2D eigenvalue weighted by Crippen LogP contribution is -1.88. The predicted octanol–water partition coefficient (Wildman–Crippen LogP) is 5.08. The Bertz CT molecular complexity index is 683. The van der Waals surface area contributed by atoms with Gasteiger partial charge < -0.3 is 0 Å². The molecule has 0 spiro atoms. The molecule has 2 heteroatoms. The molecule has 0 aliphatic heterocycles. The number of aryl methyl sites for hydroxylation is 1. The van der Waals surface area contributed by atoms with Crippen molar-refractivity contribution in [3.8, 4) is 0 Å². The van der Waals surface area contributed by atoms with Gasteiger partial charge >= 0.3 is 0 Å². The van der Waals surface area contributed by atoms with Gasteiger partial charge in [-0.1, -0.05) is 31.4 Å². The molecule has 1 heterocycles. The highest BCUT2D eigenvalue weighted by molar-refractivity contribution is 7.18. The van der Waals surface area contributed by atoms with Crippen molar-refractivity contribution in [2.75, 3.05) is 0 Å². The van der Waals surface area contributed by atoms with Gasteiger partial charge in [0, 0.05) is 5.56 Å². The van der Waals surface area contributed by atoms with Gasteiger partial charge in [-0.2, -0.15) is 0 Å². The van der Waals surface area contributed by atoms with Crippen molar-refractivity contribution in [3.05, 3.63) is 52.7 Å². The highest BCUT2D eigenvalue weighted by atomic mass is 32.1. The number of allylic oxidation sites excluding steroid dienone is 1. The highest BCUT2D eigenvalue weighted by Crippen LogP contribution is 2.32. The first-order chi connectivity index (χ1) is 8.71. The van der Waals surface area contributed by atoms with Crippen molar-refractivity contribution in [1.29, 1.82) is 0 Å². The lowest BCUT2D eigenvalue weighted by molar-refractivity contribution is 1.34. The van der Waals surface area contributed by atoms with Crippen LogP contribution in [0.2, 0.25) is 0 Å². The Kier molecular flexibility index (Phi) is 3.61. The molecule has 0 amide bonds. The third-order valence-electron chi connectivity index (χ3n) is 2.70. The van der Waals surface area contributed by atoms with E-state index in [1.165, 1.54) is 4.70 Å². The van der Waals surface area contributed by atoms with Crippen LogP contribution in [-0.4, -0.2) is 4.98 Å². The number of nitrogens with zero attached hydrogens (tertiary/aromatic N) is 1. The second kappa shape index (κ2) is 5.18. The van der Waals surface area contributed by atoms with Crippen LogP contribution < -0.4 is 0 Å². The molecule has 1 nitrogen and oxygen atoms in total. The van der Waals surface area contributed by atoms with E-state index in [9.17, 15) is 0 Å². The summed E-state index contributed by atoms with van der Waals surface area (Å²) in [4.78, 5) is 4.58. The van der Waals surface area contributed by atoms with E-state index in [0.717, 1.165) is 27.2 Å². The summed E-state index contributed by atoms with van der Waals surface area (Å²) in [6, 6.07) is 2.16. The molecular weight excluding hydrogens is 238 g/mol. The summed E-state index contributed by atoms with van der Waals surface area (Å²) in [7, 11) is 0. The minimum absolute atomic E-state index is 1.02. The Balaban J connectivity index is 2.93. The van der Waals surface area contributed by atoms with Crippen molar-refractivity contribution < 1.29 is 0 Å². The largest absolute Gasteiger partial charge is 0.241 e. The van der Waals surface area contributed by atoms with Crippen LogP contribution >= 0.6 is 11.3 Å². The van der Waals surface area contributed by atoms with Crippen LogP contribution in [0.1, 0.15) is 28.6 Å². The Morgan fingerprint density at radius 3 is 2.78 bits per heavy atom. The molecule has 1 aromatic heterocycles. The van der Waals surface area contributed by atoms with Gasteiger partial charge in [0.1, 0.15) is 0 Å². The van der Waals surface area contributed by atoms with E-state index in [1.807, 2.05) is 32.1 Å². The van der Waals surface area contributed by atoms with E-state index < -0.39 is 0 Å². The quantitative estimate of drug-likeness (QED) is 0.695. The van der Waals surface area contributed by atoms with Crippen molar-refractivity contribution in [3.63, 3.8) is 0 Å². The number of fused-ring (bicyclic) bond motifs is 1. The van der Waals surface area contributed by atoms with E-state index in [2.05, 4.69) is 36.0 Å². The molecule has 0 aliphatic rings. The minimum Gasteiger partial charge on any atom is -0.241 e. The number of aromatic nitrogens is 1. The summed E-state index contributed by atoms with van der Waals surface area (Å²) in [6.07, 6.45) is 7.87. The molecule has 0 bridgehead atoms. The fourth-order valence-electron chi connectivity index (χ4n) is 2.02. The SMILES string of the molecule is C=C=Cc1c(C=CC)cc2sc(C)nc2c1C=C. The molecule has 2 aromatic rings. The van der Waals surface area contributed by atoms with E-state index in [-0.39, 0.29) is 0 Å². The van der Waals surface area contributed by atoms with Crippen LogP contribution in [0.3, 0.4) is 0 Å². The van der Waals surface area contributed by atoms with E-state index in [0.29, 0.717) is 0 Å². The number of rotatable bonds is 3. The molecule has 1 aromatic carbocycles. The fourth-order valence-corrected chi connectivity index (χ4v) is 2.92. The fraction of sp³-hybridized carbons (Fsp3) is 0.125. The Hall–Kier alpha value is -1.89. The van der Waals surface area contributed by atoms with Crippen LogP contribution in [0, 0.1) is 6.92 Å². The third kappa shape index (κ3) is 2.08. The normalized spacial score (nSPS) is 10.8. The first-order valence-electron chi connectivity index (χ1n) is 5.76. The Morgan fingerprint density at radius 1 is 1.39 bits per heavy atom. The van der Waals surface area contributed by atoms with Crippen molar-refractivity contribution in [2.45, 2.75) is 13.8 Å². The molecule has 0 saturated heterocycles. The molecule has 0 N–H and O–H groups in total. The zero-order valence-electron chi connectivity index (χ0n) is 10.7. The smallest absolute Gasteiger partial charge is 0.0908 e. The lowest BCUT2D eigenvalue weighted by Gasteiger charge is -2.06. The number of hydrogen-bond donors (Lipinski definition) is 0. The number of benzene rings is 1.